The molecule has 0 aliphatic heterocycles. The Hall–Kier alpha value is -2.56. The van der Waals surface area contributed by atoms with Crippen LogP contribution in [0.2, 0.25) is 0 Å². The average Bonchev–Trinajstić information content (AvgIpc) is 2.93. The molecule has 8 nitrogen and oxygen atoms in total. The highest BCUT2D eigenvalue weighted by Gasteiger charge is 2.18. The first-order chi connectivity index (χ1) is 11.8. The van der Waals surface area contributed by atoms with E-state index >= 15 is 0 Å². The van der Waals surface area contributed by atoms with Crippen LogP contribution in [0.25, 0.3) is 0 Å². The predicted molar refractivity (Wildman–Crippen MR) is 88.1 cm³/mol. The van der Waals surface area contributed by atoms with Gasteiger partial charge in [0.05, 0.1) is 21.1 Å². The standard InChI is InChI=1S/C14H13BrF2N4O4/c1-2-20-6-11(15)13(19-20)14(22)18-8-3-9(21(23)24)5-10(4-8)25-7-12(16)17/h3-6,12H,2,7H2,1H3,(H,18,22). The number of hydrogen-bond donors (Lipinski definition) is 1. The fourth-order valence-corrected chi connectivity index (χ4v) is 2.40. The zero-order valence-corrected chi connectivity index (χ0v) is 14.5. The molecule has 2 aromatic rings. The Bertz CT molecular complexity index is 797. The molecule has 1 aromatic heterocycles. The van der Waals surface area contributed by atoms with E-state index in [2.05, 4.69) is 26.3 Å². The molecule has 11 heteroatoms. The first-order valence-electron chi connectivity index (χ1n) is 7.05. The third kappa shape index (κ3) is 4.95. The number of aryl methyl sites for hydroxylation is 1. The number of rotatable bonds is 7. The first-order valence-corrected chi connectivity index (χ1v) is 7.84. The molecular weight excluding hydrogens is 406 g/mol. The highest BCUT2D eigenvalue weighted by molar-refractivity contribution is 9.10. The van der Waals surface area contributed by atoms with E-state index in [-0.39, 0.29) is 17.1 Å². The van der Waals surface area contributed by atoms with E-state index < -0.39 is 29.6 Å². The zero-order chi connectivity index (χ0) is 18.6. The molecule has 0 fully saturated rings. The molecule has 1 aromatic carbocycles. The second-order valence-corrected chi connectivity index (χ2v) is 5.66. The van der Waals surface area contributed by atoms with E-state index in [4.69, 9.17) is 4.74 Å². The second kappa shape index (κ2) is 8.01. The molecule has 0 aliphatic rings. The van der Waals surface area contributed by atoms with Crippen LogP contribution in [0.5, 0.6) is 5.75 Å². The normalized spacial score (nSPS) is 10.8. The number of halogens is 3. The van der Waals surface area contributed by atoms with Gasteiger partial charge < -0.3 is 10.1 Å². The summed E-state index contributed by atoms with van der Waals surface area (Å²) in [6.45, 7) is 1.48. The summed E-state index contributed by atoms with van der Waals surface area (Å²) in [6.07, 6.45) is -1.12. The number of aromatic nitrogens is 2. The topological polar surface area (TPSA) is 99.3 Å². The summed E-state index contributed by atoms with van der Waals surface area (Å²) in [7, 11) is 0. The van der Waals surface area contributed by atoms with Crippen LogP contribution in [0.1, 0.15) is 17.4 Å². The number of carbonyl (C=O) groups is 1. The van der Waals surface area contributed by atoms with E-state index in [1.54, 1.807) is 6.20 Å². The highest BCUT2D eigenvalue weighted by atomic mass is 79.9. The number of carbonyl (C=O) groups excluding carboxylic acids is 1. The van der Waals surface area contributed by atoms with Crippen LogP contribution >= 0.6 is 15.9 Å². The van der Waals surface area contributed by atoms with Gasteiger partial charge in [-0.2, -0.15) is 5.10 Å². The first kappa shape index (κ1) is 18.8. The molecule has 0 unspecified atom stereocenters. The van der Waals surface area contributed by atoms with E-state index in [1.165, 1.54) is 10.7 Å². The number of nitro groups is 1. The van der Waals surface area contributed by atoms with Gasteiger partial charge in [0.2, 0.25) is 0 Å². The summed E-state index contributed by atoms with van der Waals surface area (Å²) in [5, 5.41) is 17.5. The fourth-order valence-electron chi connectivity index (χ4n) is 1.91. The lowest BCUT2D eigenvalue weighted by molar-refractivity contribution is -0.384. The van der Waals surface area contributed by atoms with Crippen molar-refractivity contribution in [3.8, 4) is 5.75 Å². The highest BCUT2D eigenvalue weighted by Crippen LogP contribution is 2.27. The van der Waals surface area contributed by atoms with Crippen LogP contribution < -0.4 is 10.1 Å². The smallest absolute Gasteiger partial charge is 0.277 e. The quantitative estimate of drug-likeness (QED) is 0.548. The number of amides is 1. The van der Waals surface area contributed by atoms with Crippen molar-refractivity contribution in [1.82, 2.24) is 9.78 Å². The number of hydrogen-bond acceptors (Lipinski definition) is 5. The van der Waals surface area contributed by atoms with Gasteiger partial charge in [-0.15, -0.1) is 0 Å². The van der Waals surface area contributed by atoms with E-state index in [1.807, 2.05) is 6.92 Å². The average molecular weight is 419 g/mol. The minimum absolute atomic E-state index is 0.0291. The number of nitrogens with one attached hydrogen (secondary N) is 1. The van der Waals surface area contributed by atoms with Crippen LogP contribution in [0.15, 0.2) is 28.9 Å². The van der Waals surface area contributed by atoms with Crippen LogP contribution in [-0.2, 0) is 6.54 Å². The maximum absolute atomic E-state index is 12.3. The Balaban J connectivity index is 2.26. The molecule has 1 heterocycles. The van der Waals surface area contributed by atoms with Gasteiger partial charge in [0.1, 0.15) is 12.4 Å². The van der Waals surface area contributed by atoms with E-state index in [0.717, 1.165) is 12.1 Å². The predicted octanol–water partition coefficient (Wildman–Crippen LogP) is 3.47. The minimum Gasteiger partial charge on any atom is -0.487 e. The van der Waals surface area contributed by atoms with Gasteiger partial charge in [0.25, 0.3) is 18.0 Å². The third-order valence-electron chi connectivity index (χ3n) is 2.99. The number of nitro benzene ring substituents is 1. The molecule has 0 saturated carbocycles. The number of benzene rings is 1. The Labute approximate surface area is 149 Å². The fraction of sp³-hybridized carbons (Fsp3) is 0.286. The van der Waals surface area contributed by atoms with Crippen molar-refractivity contribution in [2.75, 3.05) is 11.9 Å². The van der Waals surface area contributed by atoms with Crippen molar-refractivity contribution in [2.45, 2.75) is 19.9 Å². The summed E-state index contributed by atoms with van der Waals surface area (Å²) in [5.74, 6) is -0.762. The van der Waals surface area contributed by atoms with Gasteiger partial charge in [-0.3, -0.25) is 19.6 Å². The van der Waals surface area contributed by atoms with Crippen LogP contribution in [-0.4, -0.2) is 33.6 Å². The molecule has 1 N–H and O–H groups in total. The molecule has 2 rings (SSSR count). The molecule has 25 heavy (non-hydrogen) atoms. The molecule has 134 valence electrons. The van der Waals surface area contributed by atoms with Crippen molar-refractivity contribution in [2.24, 2.45) is 0 Å². The second-order valence-electron chi connectivity index (χ2n) is 4.81. The van der Waals surface area contributed by atoms with Gasteiger partial charge >= 0.3 is 0 Å². The molecule has 0 radical (unpaired) electrons. The molecule has 1 amide bonds. The summed E-state index contributed by atoms with van der Waals surface area (Å²) < 4.78 is 31.3. The molecule has 0 atom stereocenters. The molecular formula is C14H13BrF2N4O4. The summed E-state index contributed by atoms with van der Waals surface area (Å²) in [4.78, 5) is 22.5. The monoisotopic (exact) mass is 418 g/mol. The molecule has 0 aliphatic carbocycles. The summed E-state index contributed by atoms with van der Waals surface area (Å²) >= 11 is 3.20. The largest absolute Gasteiger partial charge is 0.487 e. The Morgan fingerprint density at radius 2 is 2.20 bits per heavy atom. The SMILES string of the molecule is CCn1cc(Br)c(C(=O)Nc2cc(OCC(F)F)cc([N+](=O)[O-])c2)n1. The van der Waals surface area contributed by atoms with Crippen LogP contribution in [0, 0.1) is 10.1 Å². The van der Waals surface area contributed by atoms with Gasteiger partial charge in [0.15, 0.2) is 5.69 Å². The minimum atomic E-state index is -2.73. The third-order valence-corrected chi connectivity index (χ3v) is 3.57. The van der Waals surface area contributed by atoms with Gasteiger partial charge in [-0.25, -0.2) is 8.78 Å². The van der Waals surface area contributed by atoms with E-state index in [9.17, 15) is 23.7 Å². The Kier molecular flexibility index (Phi) is 6.02. The van der Waals surface area contributed by atoms with Gasteiger partial charge in [-0.05, 0) is 22.9 Å². The van der Waals surface area contributed by atoms with Crippen LogP contribution in [0.3, 0.4) is 0 Å². The maximum Gasteiger partial charge on any atom is 0.277 e. The summed E-state index contributed by atoms with van der Waals surface area (Å²) in [6, 6.07) is 3.32. The van der Waals surface area contributed by atoms with Crippen molar-refractivity contribution in [3.05, 3.63) is 44.7 Å². The van der Waals surface area contributed by atoms with Gasteiger partial charge in [0, 0.05) is 24.9 Å². The van der Waals surface area contributed by atoms with Gasteiger partial charge in [-0.1, -0.05) is 0 Å². The summed E-state index contributed by atoms with van der Waals surface area (Å²) in [5.41, 5.74) is -0.287. The van der Waals surface area contributed by atoms with Crippen molar-refractivity contribution in [3.63, 3.8) is 0 Å². The lowest BCUT2D eigenvalue weighted by Crippen LogP contribution is -2.14. The lowest BCUT2D eigenvalue weighted by Gasteiger charge is -2.09. The zero-order valence-electron chi connectivity index (χ0n) is 12.9. The number of anilines is 1. The number of nitrogens with zero attached hydrogens (tertiary/aromatic N) is 3. The van der Waals surface area contributed by atoms with Crippen molar-refractivity contribution < 1.29 is 23.2 Å². The number of ether oxygens (including phenoxy) is 1. The Morgan fingerprint density at radius 1 is 1.48 bits per heavy atom. The molecule has 0 saturated heterocycles. The number of non-ortho nitro benzene ring substituents is 1. The lowest BCUT2D eigenvalue weighted by atomic mass is 10.2. The van der Waals surface area contributed by atoms with E-state index in [0.29, 0.717) is 11.0 Å². The Morgan fingerprint density at radius 3 is 2.76 bits per heavy atom. The van der Waals surface area contributed by atoms with Crippen molar-refractivity contribution in [1.29, 1.82) is 0 Å². The van der Waals surface area contributed by atoms with Crippen molar-refractivity contribution >= 4 is 33.2 Å². The molecule has 0 spiro atoms. The number of alkyl halides is 2. The van der Waals surface area contributed by atoms with Crippen LogP contribution in [0.4, 0.5) is 20.2 Å². The molecule has 0 bridgehead atoms. The maximum atomic E-state index is 12.3.